The Morgan fingerprint density at radius 2 is 2.00 bits per heavy atom. The quantitative estimate of drug-likeness (QED) is 0.754. The summed E-state index contributed by atoms with van der Waals surface area (Å²) in [5.41, 5.74) is 0.00165. The zero-order valence-corrected chi connectivity index (χ0v) is 10.9. The van der Waals surface area contributed by atoms with E-state index in [0.717, 1.165) is 0 Å². The third-order valence-electron chi connectivity index (χ3n) is 3.52. The van der Waals surface area contributed by atoms with Crippen LogP contribution in [0, 0.1) is 17.3 Å². The summed E-state index contributed by atoms with van der Waals surface area (Å²) in [6, 6.07) is 0.0613. The zero-order valence-electron chi connectivity index (χ0n) is 10.9. The van der Waals surface area contributed by atoms with Gasteiger partial charge in [-0.2, -0.15) is 0 Å². The van der Waals surface area contributed by atoms with Crippen LogP contribution in [-0.4, -0.2) is 23.7 Å². The molecule has 1 saturated carbocycles. The van der Waals surface area contributed by atoms with Crippen molar-refractivity contribution >= 4 is 5.91 Å². The standard InChI is InChI=1S/C13H25NO2/c1-9(10-5-6-10)12(16)14-11(7-8-15)13(2,3)4/h9-11,15H,5-8H2,1-4H3,(H,14,16). The van der Waals surface area contributed by atoms with Gasteiger partial charge in [0.15, 0.2) is 0 Å². The van der Waals surface area contributed by atoms with Crippen molar-refractivity contribution in [2.45, 2.75) is 53.0 Å². The second-order valence-electron chi connectivity index (χ2n) is 6.07. The van der Waals surface area contributed by atoms with E-state index in [1.807, 2.05) is 6.92 Å². The lowest BCUT2D eigenvalue weighted by molar-refractivity contribution is -0.126. The lowest BCUT2D eigenvalue weighted by Gasteiger charge is -2.32. The van der Waals surface area contributed by atoms with Crippen LogP contribution in [0.15, 0.2) is 0 Å². The molecule has 0 aliphatic heterocycles. The SMILES string of the molecule is CC(C(=O)NC(CCO)C(C)(C)C)C1CC1. The molecule has 3 nitrogen and oxygen atoms in total. The molecule has 0 saturated heterocycles. The Morgan fingerprint density at radius 3 is 2.38 bits per heavy atom. The Balaban J connectivity index is 2.50. The summed E-state index contributed by atoms with van der Waals surface area (Å²) in [6.45, 7) is 8.41. The van der Waals surface area contributed by atoms with Gasteiger partial charge < -0.3 is 10.4 Å². The molecule has 1 aliphatic carbocycles. The molecule has 0 aromatic carbocycles. The maximum absolute atomic E-state index is 12.0. The first kappa shape index (κ1) is 13.5. The van der Waals surface area contributed by atoms with Crippen LogP contribution in [0.2, 0.25) is 0 Å². The van der Waals surface area contributed by atoms with E-state index in [-0.39, 0.29) is 29.9 Å². The topological polar surface area (TPSA) is 49.3 Å². The molecule has 1 aliphatic rings. The molecule has 1 amide bonds. The van der Waals surface area contributed by atoms with Gasteiger partial charge in [0.2, 0.25) is 5.91 Å². The summed E-state index contributed by atoms with van der Waals surface area (Å²) in [5.74, 6) is 0.870. The second kappa shape index (κ2) is 5.17. The summed E-state index contributed by atoms with van der Waals surface area (Å²) in [5, 5.41) is 12.1. The summed E-state index contributed by atoms with van der Waals surface area (Å²) in [4.78, 5) is 12.0. The van der Waals surface area contributed by atoms with Crippen LogP contribution in [0.4, 0.5) is 0 Å². The Hall–Kier alpha value is -0.570. The van der Waals surface area contributed by atoms with Crippen LogP contribution in [0.3, 0.4) is 0 Å². The van der Waals surface area contributed by atoms with Crippen LogP contribution >= 0.6 is 0 Å². The van der Waals surface area contributed by atoms with Crippen molar-refractivity contribution < 1.29 is 9.90 Å². The molecule has 0 spiro atoms. The van der Waals surface area contributed by atoms with E-state index in [4.69, 9.17) is 5.11 Å². The molecule has 0 radical (unpaired) electrons. The van der Waals surface area contributed by atoms with Gasteiger partial charge in [-0.05, 0) is 30.6 Å². The van der Waals surface area contributed by atoms with Gasteiger partial charge in [0, 0.05) is 18.6 Å². The van der Waals surface area contributed by atoms with E-state index in [0.29, 0.717) is 12.3 Å². The Labute approximate surface area is 98.6 Å². The van der Waals surface area contributed by atoms with Gasteiger partial charge in [-0.15, -0.1) is 0 Å². The lowest BCUT2D eigenvalue weighted by Crippen LogP contribution is -2.46. The fraction of sp³-hybridized carbons (Fsp3) is 0.923. The molecular weight excluding hydrogens is 202 g/mol. The number of nitrogens with one attached hydrogen (secondary N) is 1. The van der Waals surface area contributed by atoms with Crippen LogP contribution < -0.4 is 5.32 Å². The van der Waals surface area contributed by atoms with E-state index in [2.05, 4.69) is 26.1 Å². The van der Waals surface area contributed by atoms with Gasteiger partial charge in [0.1, 0.15) is 0 Å². The fourth-order valence-electron chi connectivity index (χ4n) is 1.96. The fourth-order valence-corrected chi connectivity index (χ4v) is 1.96. The maximum atomic E-state index is 12.0. The van der Waals surface area contributed by atoms with E-state index in [1.54, 1.807) is 0 Å². The zero-order chi connectivity index (χ0) is 12.3. The smallest absolute Gasteiger partial charge is 0.223 e. The molecule has 0 heterocycles. The predicted octanol–water partition coefficient (Wildman–Crippen LogP) is 1.95. The first-order valence-corrected chi connectivity index (χ1v) is 6.27. The second-order valence-corrected chi connectivity index (χ2v) is 6.07. The molecule has 0 aromatic rings. The number of hydrogen-bond donors (Lipinski definition) is 2. The van der Waals surface area contributed by atoms with Crippen LogP contribution in [0.1, 0.15) is 47.0 Å². The number of amides is 1. The third kappa shape index (κ3) is 3.78. The average molecular weight is 227 g/mol. The van der Waals surface area contributed by atoms with Crippen molar-refractivity contribution in [2.75, 3.05) is 6.61 Å². The normalized spacial score (nSPS) is 20.3. The largest absolute Gasteiger partial charge is 0.396 e. The van der Waals surface area contributed by atoms with Gasteiger partial charge in [-0.25, -0.2) is 0 Å². The summed E-state index contributed by atoms with van der Waals surface area (Å²) >= 11 is 0. The van der Waals surface area contributed by atoms with Gasteiger partial charge in [0.05, 0.1) is 0 Å². The molecule has 0 bridgehead atoms. The van der Waals surface area contributed by atoms with E-state index in [1.165, 1.54) is 12.8 Å². The van der Waals surface area contributed by atoms with Crippen molar-refractivity contribution in [3.63, 3.8) is 0 Å². The lowest BCUT2D eigenvalue weighted by atomic mass is 9.84. The van der Waals surface area contributed by atoms with Crippen molar-refractivity contribution in [3.05, 3.63) is 0 Å². The number of carbonyl (C=O) groups is 1. The van der Waals surface area contributed by atoms with Crippen molar-refractivity contribution in [1.29, 1.82) is 0 Å². The minimum absolute atomic E-state index is 0.00165. The van der Waals surface area contributed by atoms with Crippen molar-refractivity contribution in [3.8, 4) is 0 Å². The number of aliphatic hydroxyl groups excluding tert-OH is 1. The van der Waals surface area contributed by atoms with Gasteiger partial charge in [-0.3, -0.25) is 4.79 Å². The highest BCUT2D eigenvalue weighted by molar-refractivity contribution is 5.79. The number of aliphatic hydroxyl groups is 1. The molecule has 0 aromatic heterocycles. The highest BCUT2D eigenvalue weighted by Gasteiger charge is 2.34. The third-order valence-corrected chi connectivity index (χ3v) is 3.52. The first-order chi connectivity index (χ1) is 7.36. The molecule has 1 rings (SSSR count). The minimum atomic E-state index is 0.00165. The molecule has 94 valence electrons. The van der Waals surface area contributed by atoms with Gasteiger partial charge in [-0.1, -0.05) is 27.7 Å². The van der Waals surface area contributed by atoms with Crippen LogP contribution in [-0.2, 0) is 4.79 Å². The summed E-state index contributed by atoms with van der Waals surface area (Å²) < 4.78 is 0. The van der Waals surface area contributed by atoms with Crippen molar-refractivity contribution in [2.24, 2.45) is 17.3 Å². The van der Waals surface area contributed by atoms with E-state index < -0.39 is 0 Å². The number of hydrogen-bond acceptors (Lipinski definition) is 2. The Bertz CT molecular complexity index is 241. The molecule has 2 atom stereocenters. The van der Waals surface area contributed by atoms with Gasteiger partial charge >= 0.3 is 0 Å². The maximum Gasteiger partial charge on any atom is 0.223 e. The van der Waals surface area contributed by atoms with Crippen molar-refractivity contribution in [1.82, 2.24) is 5.32 Å². The van der Waals surface area contributed by atoms with Crippen LogP contribution in [0.25, 0.3) is 0 Å². The average Bonchev–Trinajstić information content (AvgIpc) is 2.97. The molecule has 2 unspecified atom stereocenters. The minimum Gasteiger partial charge on any atom is -0.396 e. The Morgan fingerprint density at radius 1 is 1.44 bits per heavy atom. The Kier molecular flexibility index (Phi) is 4.36. The summed E-state index contributed by atoms with van der Waals surface area (Å²) in [7, 11) is 0. The molecule has 16 heavy (non-hydrogen) atoms. The summed E-state index contributed by atoms with van der Waals surface area (Å²) in [6.07, 6.45) is 3.01. The van der Waals surface area contributed by atoms with Gasteiger partial charge in [0.25, 0.3) is 0 Å². The number of carbonyl (C=O) groups excluding carboxylic acids is 1. The van der Waals surface area contributed by atoms with Crippen LogP contribution in [0.5, 0.6) is 0 Å². The monoisotopic (exact) mass is 227 g/mol. The predicted molar refractivity (Wildman–Crippen MR) is 65.0 cm³/mol. The molecule has 1 fully saturated rings. The molecular formula is C13H25NO2. The molecule has 2 N–H and O–H groups in total. The highest BCUT2D eigenvalue weighted by Crippen LogP contribution is 2.37. The molecule has 3 heteroatoms. The number of rotatable bonds is 5. The first-order valence-electron chi connectivity index (χ1n) is 6.27. The highest BCUT2D eigenvalue weighted by atomic mass is 16.3. The van der Waals surface area contributed by atoms with E-state index >= 15 is 0 Å². The van der Waals surface area contributed by atoms with E-state index in [9.17, 15) is 4.79 Å².